The first-order chi connectivity index (χ1) is 17.2. The maximum atomic E-state index is 13.1. The number of nitrogens with one attached hydrogen (secondary N) is 2. The molecule has 1 saturated heterocycles. The van der Waals surface area contributed by atoms with E-state index < -0.39 is 18.2 Å². The van der Waals surface area contributed by atoms with E-state index in [9.17, 15) is 14.4 Å². The molecule has 10 nitrogen and oxygen atoms in total. The first-order valence-electron chi connectivity index (χ1n) is 11.5. The monoisotopic (exact) mass is 488 g/mol. The molecule has 1 aliphatic rings. The van der Waals surface area contributed by atoms with Crippen molar-refractivity contribution in [2.24, 2.45) is 5.73 Å². The first kappa shape index (κ1) is 24.5. The van der Waals surface area contributed by atoms with Crippen LogP contribution in [0.4, 0.5) is 15.3 Å². The van der Waals surface area contributed by atoms with Crippen molar-refractivity contribution in [3.05, 3.63) is 83.0 Å². The molecule has 0 saturated carbocycles. The number of imide groups is 1. The third-order valence-electron chi connectivity index (χ3n) is 5.75. The molecular weight excluding hydrogens is 460 g/mol. The molecule has 1 atom stereocenters. The molecule has 0 radical (unpaired) electrons. The number of pyridine rings is 1. The molecule has 1 fully saturated rings. The molecule has 0 spiro atoms. The zero-order valence-corrected chi connectivity index (χ0v) is 20.3. The number of carbonyl (C=O) groups excluding carboxylic acids is 3. The lowest BCUT2D eigenvalue weighted by atomic mass is 10.1. The summed E-state index contributed by atoms with van der Waals surface area (Å²) in [5.41, 5.74) is 8.92. The molecule has 1 aliphatic heterocycles. The van der Waals surface area contributed by atoms with Gasteiger partial charge >= 0.3 is 12.1 Å². The van der Waals surface area contributed by atoms with Crippen molar-refractivity contribution in [1.82, 2.24) is 20.1 Å². The van der Waals surface area contributed by atoms with Crippen LogP contribution in [0.25, 0.3) is 0 Å². The van der Waals surface area contributed by atoms with Gasteiger partial charge in [-0.05, 0) is 56.2 Å². The predicted molar refractivity (Wildman–Crippen MR) is 134 cm³/mol. The van der Waals surface area contributed by atoms with Crippen molar-refractivity contribution in [3.63, 3.8) is 0 Å². The highest BCUT2D eigenvalue weighted by atomic mass is 16.5. The largest absolute Gasteiger partial charge is 0.439 e. The molecule has 1 unspecified atom stereocenters. The van der Waals surface area contributed by atoms with Gasteiger partial charge in [0.25, 0.3) is 5.91 Å². The fourth-order valence-corrected chi connectivity index (χ4v) is 3.80. The Hall–Kier alpha value is -4.60. The van der Waals surface area contributed by atoms with Gasteiger partial charge in [0.2, 0.25) is 5.88 Å². The van der Waals surface area contributed by atoms with Crippen LogP contribution in [0.15, 0.2) is 60.7 Å². The van der Waals surface area contributed by atoms with E-state index in [1.807, 2.05) is 44.2 Å². The minimum absolute atomic E-state index is 0.107. The van der Waals surface area contributed by atoms with E-state index >= 15 is 0 Å². The smallest absolute Gasteiger partial charge is 0.331 e. The van der Waals surface area contributed by atoms with Gasteiger partial charge in [0.15, 0.2) is 6.29 Å². The Labute approximate surface area is 209 Å². The van der Waals surface area contributed by atoms with Crippen molar-refractivity contribution in [2.75, 3.05) is 11.9 Å². The predicted octanol–water partition coefficient (Wildman–Crippen LogP) is 3.95. The number of nitrogens with zero attached hydrogens (tertiary/aromatic N) is 3. The number of amides is 5. The van der Waals surface area contributed by atoms with E-state index in [-0.39, 0.29) is 24.1 Å². The Morgan fingerprint density at radius 2 is 1.86 bits per heavy atom. The minimum atomic E-state index is -0.755. The van der Waals surface area contributed by atoms with Gasteiger partial charge in [0.1, 0.15) is 11.4 Å². The zero-order valence-electron chi connectivity index (χ0n) is 20.3. The Bertz CT molecular complexity index is 1290. The molecule has 4 N–H and O–H groups in total. The second-order valence-corrected chi connectivity index (χ2v) is 8.44. The number of aryl methyl sites for hydroxylation is 2. The van der Waals surface area contributed by atoms with Gasteiger partial charge in [-0.3, -0.25) is 15.0 Å². The Morgan fingerprint density at radius 3 is 2.53 bits per heavy atom. The summed E-state index contributed by atoms with van der Waals surface area (Å²) in [7, 11) is 0. The van der Waals surface area contributed by atoms with E-state index in [2.05, 4.69) is 15.6 Å². The highest BCUT2D eigenvalue weighted by Gasteiger charge is 2.37. The summed E-state index contributed by atoms with van der Waals surface area (Å²) in [6.07, 6.45) is -0.755. The highest BCUT2D eigenvalue weighted by molar-refractivity contribution is 5.96. The van der Waals surface area contributed by atoms with Gasteiger partial charge in [-0.15, -0.1) is 0 Å². The van der Waals surface area contributed by atoms with Gasteiger partial charge in [-0.1, -0.05) is 35.9 Å². The number of rotatable bonds is 8. The Morgan fingerprint density at radius 1 is 1.11 bits per heavy atom. The maximum Gasteiger partial charge on any atom is 0.331 e. The Balaban J connectivity index is 1.54. The summed E-state index contributed by atoms with van der Waals surface area (Å²) in [6, 6.07) is 17.2. The molecule has 2 heterocycles. The average molecular weight is 489 g/mol. The second kappa shape index (κ2) is 10.3. The van der Waals surface area contributed by atoms with Gasteiger partial charge < -0.3 is 15.8 Å². The van der Waals surface area contributed by atoms with Crippen LogP contribution in [0.3, 0.4) is 0 Å². The molecule has 186 valence electrons. The lowest BCUT2D eigenvalue weighted by molar-refractivity contribution is 0.0994. The molecule has 5 amide bonds. The maximum absolute atomic E-state index is 13.1. The number of aromatic nitrogens is 1. The fraction of sp³-hybridized carbons (Fsp3) is 0.231. The standard InChI is InChI=1S/C26H28N6O4/c1-4-31-25(34)30-24(32(26(31)35)15-18-10-8-16(2)9-11-18)28-19-12-13-21(17(3)14-19)36-22-7-5-6-20(29-22)23(27)33/h5-14,24,28H,4,15H2,1-3H3,(H2,27,33)(H,30,34). The number of hydrogen-bond acceptors (Lipinski definition) is 6. The van der Waals surface area contributed by atoms with Crippen molar-refractivity contribution in [3.8, 4) is 11.6 Å². The molecule has 1 aromatic heterocycles. The Kier molecular flexibility index (Phi) is 7.05. The third-order valence-corrected chi connectivity index (χ3v) is 5.75. The van der Waals surface area contributed by atoms with Crippen molar-refractivity contribution < 1.29 is 19.1 Å². The van der Waals surface area contributed by atoms with Gasteiger partial charge in [-0.25, -0.2) is 19.5 Å². The molecule has 0 aliphatic carbocycles. The second-order valence-electron chi connectivity index (χ2n) is 8.44. The average Bonchev–Trinajstić information content (AvgIpc) is 2.85. The summed E-state index contributed by atoms with van der Waals surface area (Å²) >= 11 is 0. The summed E-state index contributed by atoms with van der Waals surface area (Å²) in [6.45, 7) is 6.18. The van der Waals surface area contributed by atoms with E-state index in [1.54, 1.807) is 36.1 Å². The van der Waals surface area contributed by atoms with Gasteiger partial charge in [0.05, 0.1) is 6.54 Å². The molecule has 3 aromatic rings. The van der Waals surface area contributed by atoms with Crippen LogP contribution < -0.4 is 21.1 Å². The fourth-order valence-electron chi connectivity index (χ4n) is 3.80. The van der Waals surface area contributed by atoms with E-state index in [4.69, 9.17) is 10.5 Å². The highest BCUT2D eigenvalue weighted by Crippen LogP contribution is 2.27. The number of nitrogens with two attached hydrogens (primary N) is 1. The topological polar surface area (TPSA) is 130 Å². The SMILES string of the molecule is CCN1C(=O)NC(Nc2ccc(Oc3cccc(C(N)=O)n3)c(C)c2)N(Cc2ccc(C)cc2)C1=O. The summed E-state index contributed by atoms with van der Waals surface area (Å²) < 4.78 is 5.83. The molecular formula is C26H28N6O4. The number of urea groups is 2. The quantitative estimate of drug-likeness (QED) is 0.440. The zero-order chi connectivity index (χ0) is 25.8. The number of ether oxygens (including phenoxy) is 1. The van der Waals surface area contributed by atoms with Crippen LogP contribution >= 0.6 is 0 Å². The first-order valence-corrected chi connectivity index (χ1v) is 11.5. The third kappa shape index (κ3) is 5.38. The van der Waals surface area contributed by atoms with Crippen LogP contribution in [0.5, 0.6) is 11.6 Å². The van der Waals surface area contributed by atoms with E-state index in [0.717, 1.165) is 16.7 Å². The van der Waals surface area contributed by atoms with E-state index in [1.165, 1.54) is 11.0 Å². The summed E-state index contributed by atoms with van der Waals surface area (Å²) in [5, 5.41) is 6.10. The summed E-state index contributed by atoms with van der Waals surface area (Å²) in [5.74, 6) is 0.133. The van der Waals surface area contributed by atoms with E-state index in [0.29, 0.717) is 18.0 Å². The molecule has 36 heavy (non-hydrogen) atoms. The van der Waals surface area contributed by atoms with Crippen LogP contribution in [0, 0.1) is 13.8 Å². The van der Waals surface area contributed by atoms with Crippen molar-refractivity contribution >= 4 is 23.7 Å². The van der Waals surface area contributed by atoms with Crippen LogP contribution in [0.2, 0.25) is 0 Å². The number of anilines is 1. The lowest BCUT2D eigenvalue weighted by Gasteiger charge is -2.41. The number of hydrogen-bond donors (Lipinski definition) is 3. The van der Waals surface area contributed by atoms with Crippen molar-refractivity contribution in [2.45, 2.75) is 33.6 Å². The van der Waals surface area contributed by atoms with Crippen LogP contribution in [-0.2, 0) is 6.54 Å². The number of benzene rings is 2. The molecule has 2 aromatic carbocycles. The lowest BCUT2D eigenvalue weighted by Crippen LogP contribution is -2.66. The van der Waals surface area contributed by atoms with Gasteiger partial charge in [-0.2, -0.15) is 0 Å². The van der Waals surface area contributed by atoms with Crippen molar-refractivity contribution in [1.29, 1.82) is 0 Å². The molecule has 10 heteroatoms. The number of carbonyl (C=O) groups is 3. The number of primary amides is 1. The van der Waals surface area contributed by atoms with Gasteiger partial charge in [0, 0.05) is 18.3 Å². The van der Waals surface area contributed by atoms with Crippen LogP contribution in [0.1, 0.15) is 34.1 Å². The molecule has 0 bridgehead atoms. The minimum Gasteiger partial charge on any atom is -0.439 e. The summed E-state index contributed by atoms with van der Waals surface area (Å²) in [4.78, 5) is 43.9. The van der Waals surface area contributed by atoms with Crippen LogP contribution in [-0.4, -0.2) is 45.6 Å². The normalized spacial score (nSPS) is 15.5. The molecule has 4 rings (SSSR count).